The van der Waals surface area contributed by atoms with E-state index >= 15 is 0 Å². The molecule has 12 heteroatoms. The van der Waals surface area contributed by atoms with E-state index in [0.717, 1.165) is 6.42 Å². The molecule has 0 aromatic rings. The van der Waals surface area contributed by atoms with Gasteiger partial charge in [-0.2, -0.15) is 0 Å². The Morgan fingerprint density at radius 1 is 0.967 bits per heavy atom. The van der Waals surface area contributed by atoms with Crippen LogP contribution in [0.3, 0.4) is 0 Å². The average Bonchev–Trinajstić information content (AvgIpc) is 3.18. The SMILES string of the molecule is CC(C)CC(NC(=O)C(CC(=O)O)NC(=O)C(CO)NC(=O)C1CCCN1)C(=O)O. The Hall–Kier alpha value is -2.73. The fraction of sp³-hybridized carbons (Fsp3) is 0.722. The average molecular weight is 430 g/mol. The van der Waals surface area contributed by atoms with Crippen molar-refractivity contribution in [2.24, 2.45) is 5.92 Å². The maximum absolute atomic E-state index is 12.4. The molecule has 0 saturated carbocycles. The van der Waals surface area contributed by atoms with Gasteiger partial charge in [0.1, 0.15) is 18.1 Å². The minimum Gasteiger partial charge on any atom is -0.481 e. The molecule has 0 radical (unpaired) electrons. The van der Waals surface area contributed by atoms with E-state index in [4.69, 9.17) is 5.11 Å². The van der Waals surface area contributed by atoms with Crippen molar-refractivity contribution in [1.29, 1.82) is 0 Å². The number of nitrogens with one attached hydrogen (secondary N) is 4. The summed E-state index contributed by atoms with van der Waals surface area (Å²) in [6, 6.07) is -4.74. The van der Waals surface area contributed by atoms with Crippen LogP contribution in [-0.4, -0.2) is 82.3 Å². The summed E-state index contributed by atoms with van der Waals surface area (Å²) in [4.78, 5) is 59.4. The second kappa shape index (κ2) is 12.1. The third kappa shape index (κ3) is 8.33. The van der Waals surface area contributed by atoms with Crippen LogP contribution in [0.25, 0.3) is 0 Å². The van der Waals surface area contributed by atoms with Crippen LogP contribution in [0.4, 0.5) is 0 Å². The van der Waals surface area contributed by atoms with Crippen molar-refractivity contribution in [3.8, 4) is 0 Å². The lowest BCUT2D eigenvalue weighted by Crippen LogP contribution is -2.58. The molecule has 4 unspecified atom stereocenters. The van der Waals surface area contributed by atoms with E-state index in [9.17, 15) is 34.2 Å². The van der Waals surface area contributed by atoms with Crippen molar-refractivity contribution in [1.82, 2.24) is 21.3 Å². The highest BCUT2D eigenvalue weighted by atomic mass is 16.4. The summed E-state index contributed by atoms with van der Waals surface area (Å²) in [5.41, 5.74) is 0. The van der Waals surface area contributed by atoms with Crippen LogP contribution in [0, 0.1) is 5.92 Å². The van der Waals surface area contributed by atoms with Crippen LogP contribution >= 0.6 is 0 Å². The van der Waals surface area contributed by atoms with Gasteiger partial charge in [0, 0.05) is 0 Å². The van der Waals surface area contributed by atoms with Crippen LogP contribution in [0.5, 0.6) is 0 Å². The van der Waals surface area contributed by atoms with Gasteiger partial charge in [-0.05, 0) is 31.7 Å². The van der Waals surface area contributed by atoms with Gasteiger partial charge in [-0.15, -0.1) is 0 Å². The largest absolute Gasteiger partial charge is 0.481 e. The van der Waals surface area contributed by atoms with Crippen LogP contribution in [-0.2, 0) is 24.0 Å². The zero-order valence-corrected chi connectivity index (χ0v) is 17.0. The van der Waals surface area contributed by atoms with Crippen LogP contribution in [0.15, 0.2) is 0 Å². The van der Waals surface area contributed by atoms with Crippen molar-refractivity contribution in [3.05, 3.63) is 0 Å². The molecule has 7 N–H and O–H groups in total. The number of carboxylic acids is 2. The highest BCUT2D eigenvalue weighted by molar-refractivity contribution is 5.95. The number of aliphatic carboxylic acids is 2. The van der Waals surface area contributed by atoms with E-state index < -0.39 is 66.9 Å². The quantitative estimate of drug-likeness (QED) is 0.180. The fourth-order valence-corrected chi connectivity index (χ4v) is 3.00. The first-order valence-electron chi connectivity index (χ1n) is 9.75. The molecule has 1 aliphatic heterocycles. The van der Waals surface area contributed by atoms with Gasteiger partial charge in [-0.3, -0.25) is 19.2 Å². The van der Waals surface area contributed by atoms with Crippen molar-refractivity contribution in [2.75, 3.05) is 13.2 Å². The van der Waals surface area contributed by atoms with Gasteiger partial charge in [0.05, 0.1) is 19.1 Å². The number of rotatable bonds is 12. The molecule has 1 heterocycles. The molecule has 0 bridgehead atoms. The van der Waals surface area contributed by atoms with E-state index in [2.05, 4.69) is 21.3 Å². The van der Waals surface area contributed by atoms with E-state index in [1.165, 1.54) is 0 Å². The molecule has 170 valence electrons. The van der Waals surface area contributed by atoms with Gasteiger partial charge in [0.25, 0.3) is 0 Å². The van der Waals surface area contributed by atoms with Gasteiger partial charge in [0.15, 0.2) is 0 Å². The van der Waals surface area contributed by atoms with E-state index in [0.29, 0.717) is 13.0 Å². The molecule has 1 rings (SSSR count). The smallest absolute Gasteiger partial charge is 0.326 e. The lowest BCUT2D eigenvalue weighted by molar-refractivity contribution is -0.144. The molecule has 30 heavy (non-hydrogen) atoms. The van der Waals surface area contributed by atoms with E-state index in [-0.39, 0.29) is 12.3 Å². The first-order chi connectivity index (χ1) is 14.0. The first kappa shape index (κ1) is 25.3. The molecule has 0 spiro atoms. The number of hydrogen-bond acceptors (Lipinski definition) is 7. The summed E-state index contributed by atoms with van der Waals surface area (Å²) in [6.45, 7) is 3.39. The molecule has 1 fully saturated rings. The lowest BCUT2D eigenvalue weighted by Gasteiger charge is -2.24. The van der Waals surface area contributed by atoms with Gasteiger partial charge in [-0.1, -0.05) is 13.8 Å². The van der Waals surface area contributed by atoms with Crippen LogP contribution < -0.4 is 21.3 Å². The molecule has 0 aromatic carbocycles. The van der Waals surface area contributed by atoms with Crippen molar-refractivity contribution in [2.45, 2.75) is 63.7 Å². The third-order valence-corrected chi connectivity index (χ3v) is 4.53. The van der Waals surface area contributed by atoms with Gasteiger partial charge in [-0.25, -0.2) is 4.79 Å². The zero-order valence-electron chi connectivity index (χ0n) is 17.0. The molecule has 1 aliphatic rings. The minimum absolute atomic E-state index is 0.0582. The molecular weight excluding hydrogens is 400 g/mol. The fourth-order valence-electron chi connectivity index (χ4n) is 3.00. The summed E-state index contributed by atoms with van der Waals surface area (Å²) in [5.74, 6) is -5.19. The molecule has 3 amide bonds. The Morgan fingerprint density at radius 3 is 2.03 bits per heavy atom. The number of carbonyl (C=O) groups is 5. The van der Waals surface area contributed by atoms with Gasteiger partial charge < -0.3 is 36.6 Å². The number of hydrogen-bond donors (Lipinski definition) is 7. The number of aliphatic hydroxyl groups is 1. The lowest BCUT2D eigenvalue weighted by atomic mass is 10.0. The normalized spacial score (nSPS) is 18.9. The highest BCUT2D eigenvalue weighted by Gasteiger charge is 2.32. The number of carbonyl (C=O) groups excluding carboxylic acids is 3. The van der Waals surface area contributed by atoms with Crippen LogP contribution in [0.1, 0.15) is 39.5 Å². The molecule has 4 atom stereocenters. The zero-order chi connectivity index (χ0) is 22.8. The Balaban J connectivity index is 2.81. The number of amides is 3. The Labute approximate surface area is 173 Å². The van der Waals surface area contributed by atoms with Crippen molar-refractivity contribution < 1.29 is 39.3 Å². The predicted molar refractivity (Wildman–Crippen MR) is 103 cm³/mol. The third-order valence-electron chi connectivity index (χ3n) is 4.53. The maximum atomic E-state index is 12.4. The summed E-state index contributed by atoms with van der Waals surface area (Å²) >= 11 is 0. The van der Waals surface area contributed by atoms with Crippen molar-refractivity contribution in [3.63, 3.8) is 0 Å². The molecular formula is C18H30N4O8. The standard InChI is InChI=1S/C18H30N4O8/c1-9(2)6-12(18(29)30)21-16(27)11(7-14(24)25)20-17(28)13(8-23)22-15(26)10-4-3-5-19-10/h9-13,19,23H,3-8H2,1-2H3,(H,20,28)(H,21,27)(H,22,26)(H,24,25)(H,29,30). The number of aliphatic hydroxyl groups excluding tert-OH is 1. The first-order valence-corrected chi connectivity index (χ1v) is 9.75. The summed E-state index contributed by atoms with van der Waals surface area (Å²) in [5, 5.41) is 37.4. The Bertz CT molecular complexity index is 648. The Kier molecular flexibility index (Phi) is 10.2. The topological polar surface area (TPSA) is 194 Å². The predicted octanol–water partition coefficient (Wildman–Crippen LogP) is -2.21. The van der Waals surface area contributed by atoms with E-state index in [1.807, 2.05) is 0 Å². The van der Waals surface area contributed by atoms with E-state index in [1.54, 1.807) is 13.8 Å². The molecule has 12 nitrogen and oxygen atoms in total. The van der Waals surface area contributed by atoms with Gasteiger partial charge >= 0.3 is 11.9 Å². The second-order valence-electron chi connectivity index (χ2n) is 7.58. The molecule has 0 aromatic heterocycles. The summed E-state index contributed by atoms with van der Waals surface area (Å²) < 4.78 is 0. The molecule has 0 aliphatic carbocycles. The minimum atomic E-state index is -1.58. The maximum Gasteiger partial charge on any atom is 0.326 e. The van der Waals surface area contributed by atoms with Gasteiger partial charge in [0.2, 0.25) is 17.7 Å². The van der Waals surface area contributed by atoms with Crippen molar-refractivity contribution >= 4 is 29.7 Å². The monoisotopic (exact) mass is 430 g/mol. The molecule has 1 saturated heterocycles. The second-order valence-corrected chi connectivity index (χ2v) is 7.58. The summed E-state index contributed by atoms with van der Waals surface area (Å²) in [6.07, 6.45) is 0.665. The Morgan fingerprint density at radius 2 is 1.57 bits per heavy atom. The highest BCUT2D eigenvalue weighted by Crippen LogP contribution is 2.07. The number of carboxylic acid groups (broad SMARTS) is 2. The van der Waals surface area contributed by atoms with Crippen LogP contribution in [0.2, 0.25) is 0 Å². The summed E-state index contributed by atoms with van der Waals surface area (Å²) in [7, 11) is 0.